The number of carbonyl (C=O) groups excluding carboxylic acids is 1. The lowest BCUT2D eigenvalue weighted by Gasteiger charge is -2.19. The number of amides is 1. The number of nitrogens with one attached hydrogen (secondary N) is 1. The third-order valence-corrected chi connectivity index (χ3v) is 6.04. The Labute approximate surface area is 163 Å². The Kier molecular flexibility index (Phi) is 5.34. The van der Waals surface area contributed by atoms with Crippen LogP contribution in [-0.4, -0.2) is 20.7 Å². The van der Waals surface area contributed by atoms with Gasteiger partial charge in [0.2, 0.25) is 0 Å². The summed E-state index contributed by atoms with van der Waals surface area (Å²) in [5.74, 6) is 0.478. The molecule has 0 saturated heterocycles. The van der Waals surface area contributed by atoms with Crippen LogP contribution in [-0.2, 0) is 13.6 Å². The van der Waals surface area contributed by atoms with Gasteiger partial charge in [0.15, 0.2) is 0 Å². The normalized spacial score (nSPS) is 15.0. The molecule has 0 bridgehead atoms. The molecule has 1 aliphatic carbocycles. The van der Waals surface area contributed by atoms with Gasteiger partial charge in [0.1, 0.15) is 10.7 Å². The number of benzene rings is 1. The van der Waals surface area contributed by atoms with Crippen molar-refractivity contribution in [3.05, 3.63) is 58.2 Å². The summed E-state index contributed by atoms with van der Waals surface area (Å²) >= 11 is 1.64. The summed E-state index contributed by atoms with van der Waals surface area (Å²) in [6, 6.07) is 11.7. The summed E-state index contributed by atoms with van der Waals surface area (Å²) in [5.41, 5.74) is 3.56. The molecule has 1 amide bonds. The van der Waals surface area contributed by atoms with Crippen LogP contribution in [0.1, 0.15) is 59.2 Å². The Bertz CT molecular complexity index is 909. The third kappa shape index (κ3) is 4.11. The van der Waals surface area contributed by atoms with Crippen molar-refractivity contribution in [2.45, 2.75) is 44.6 Å². The maximum absolute atomic E-state index is 12.6. The number of aromatic nitrogens is 3. The SMILES string of the molecule is Cn1nc(-c2ccccc2)cc1C(=O)NCc1nc(C2CCCCC2)cs1. The van der Waals surface area contributed by atoms with Gasteiger partial charge in [-0.15, -0.1) is 11.3 Å². The van der Waals surface area contributed by atoms with Crippen LogP contribution in [0.4, 0.5) is 0 Å². The van der Waals surface area contributed by atoms with Crippen LogP contribution in [0.25, 0.3) is 11.3 Å². The first kappa shape index (κ1) is 17.9. The smallest absolute Gasteiger partial charge is 0.269 e. The van der Waals surface area contributed by atoms with E-state index in [0.29, 0.717) is 18.2 Å². The topological polar surface area (TPSA) is 59.8 Å². The van der Waals surface area contributed by atoms with Gasteiger partial charge in [-0.05, 0) is 18.9 Å². The van der Waals surface area contributed by atoms with E-state index >= 15 is 0 Å². The summed E-state index contributed by atoms with van der Waals surface area (Å²) < 4.78 is 1.63. The van der Waals surface area contributed by atoms with Crippen molar-refractivity contribution in [2.24, 2.45) is 7.05 Å². The van der Waals surface area contributed by atoms with E-state index in [2.05, 4.69) is 15.8 Å². The Morgan fingerprint density at radius 1 is 1.22 bits per heavy atom. The van der Waals surface area contributed by atoms with Gasteiger partial charge in [-0.1, -0.05) is 49.6 Å². The molecule has 6 heteroatoms. The molecule has 140 valence electrons. The average molecular weight is 381 g/mol. The molecule has 1 N–H and O–H groups in total. The largest absolute Gasteiger partial charge is 0.344 e. The van der Waals surface area contributed by atoms with Crippen molar-refractivity contribution in [3.63, 3.8) is 0 Å². The fraction of sp³-hybridized carbons (Fsp3) is 0.381. The van der Waals surface area contributed by atoms with Crippen LogP contribution in [0.3, 0.4) is 0 Å². The maximum atomic E-state index is 12.6. The summed E-state index contributed by atoms with van der Waals surface area (Å²) in [6.45, 7) is 0.460. The van der Waals surface area contributed by atoms with Crippen LogP contribution in [0.15, 0.2) is 41.8 Å². The lowest BCUT2D eigenvalue weighted by atomic mass is 9.87. The van der Waals surface area contributed by atoms with Crippen LogP contribution in [0, 0.1) is 0 Å². The highest BCUT2D eigenvalue weighted by atomic mass is 32.1. The summed E-state index contributed by atoms with van der Waals surface area (Å²) in [5, 5.41) is 10.6. The molecule has 4 rings (SSSR count). The Hall–Kier alpha value is -2.47. The van der Waals surface area contributed by atoms with E-state index in [0.717, 1.165) is 16.3 Å². The van der Waals surface area contributed by atoms with Gasteiger partial charge in [-0.2, -0.15) is 5.10 Å². The van der Waals surface area contributed by atoms with E-state index in [1.54, 1.807) is 23.1 Å². The van der Waals surface area contributed by atoms with E-state index in [4.69, 9.17) is 4.98 Å². The fourth-order valence-electron chi connectivity index (χ4n) is 3.67. The summed E-state index contributed by atoms with van der Waals surface area (Å²) in [6.07, 6.45) is 6.44. The lowest BCUT2D eigenvalue weighted by molar-refractivity contribution is 0.0941. The number of hydrogen-bond acceptors (Lipinski definition) is 4. The second-order valence-electron chi connectivity index (χ2n) is 7.09. The molecule has 1 aliphatic rings. The molecule has 3 aromatic rings. The van der Waals surface area contributed by atoms with Gasteiger partial charge in [0.05, 0.1) is 17.9 Å². The van der Waals surface area contributed by atoms with Gasteiger partial charge in [-0.25, -0.2) is 4.98 Å². The molecular formula is C21H24N4OS. The van der Waals surface area contributed by atoms with Crippen molar-refractivity contribution in [3.8, 4) is 11.3 Å². The highest BCUT2D eigenvalue weighted by Gasteiger charge is 2.19. The number of nitrogens with zero attached hydrogens (tertiary/aromatic N) is 3. The number of carbonyl (C=O) groups is 1. The minimum Gasteiger partial charge on any atom is -0.344 e. The number of thiazole rings is 1. The Morgan fingerprint density at radius 3 is 2.78 bits per heavy atom. The summed E-state index contributed by atoms with van der Waals surface area (Å²) in [4.78, 5) is 17.4. The van der Waals surface area contributed by atoms with Crippen LogP contribution >= 0.6 is 11.3 Å². The molecule has 2 heterocycles. The predicted octanol–water partition coefficient (Wildman–Crippen LogP) is 4.52. The molecule has 0 unspecified atom stereocenters. The van der Waals surface area contributed by atoms with E-state index < -0.39 is 0 Å². The summed E-state index contributed by atoms with van der Waals surface area (Å²) in [7, 11) is 1.80. The van der Waals surface area contributed by atoms with Crippen LogP contribution in [0.5, 0.6) is 0 Å². The standard InChI is InChI=1S/C21H24N4OS/c1-25-19(12-17(24-25)15-8-4-2-5-9-15)21(26)22-13-20-23-18(14-27-20)16-10-6-3-7-11-16/h2,4-5,8-9,12,14,16H,3,6-7,10-11,13H2,1H3,(H,22,26). The Morgan fingerprint density at radius 2 is 2.00 bits per heavy atom. The van der Waals surface area contributed by atoms with Gasteiger partial charge in [0, 0.05) is 23.9 Å². The van der Waals surface area contributed by atoms with Crippen LogP contribution < -0.4 is 5.32 Å². The van der Waals surface area contributed by atoms with E-state index in [1.165, 1.54) is 37.8 Å². The predicted molar refractivity (Wildman–Crippen MR) is 108 cm³/mol. The lowest BCUT2D eigenvalue weighted by Crippen LogP contribution is -2.25. The zero-order chi connectivity index (χ0) is 18.6. The van der Waals surface area contributed by atoms with Crippen molar-refractivity contribution in [1.29, 1.82) is 0 Å². The quantitative estimate of drug-likeness (QED) is 0.708. The zero-order valence-electron chi connectivity index (χ0n) is 15.5. The number of hydrogen-bond donors (Lipinski definition) is 1. The van der Waals surface area contributed by atoms with Crippen molar-refractivity contribution >= 4 is 17.2 Å². The fourth-order valence-corrected chi connectivity index (χ4v) is 4.48. The molecule has 0 spiro atoms. The average Bonchev–Trinajstić information content (AvgIpc) is 3.34. The molecule has 27 heavy (non-hydrogen) atoms. The molecule has 1 fully saturated rings. The number of aryl methyl sites for hydroxylation is 1. The van der Waals surface area contributed by atoms with E-state index in [1.807, 2.05) is 36.4 Å². The second-order valence-corrected chi connectivity index (χ2v) is 8.03. The van der Waals surface area contributed by atoms with E-state index in [-0.39, 0.29) is 5.91 Å². The second kappa shape index (κ2) is 8.05. The molecule has 0 atom stereocenters. The molecule has 0 aliphatic heterocycles. The van der Waals surface area contributed by atoms with Gasteiger partial charge < -0.3 is 5.32 Å². The maximum Gasteiger partial charge on any atom is 0.269 e. The molecular weight excluding hydrogens is 356 g/mol. The zero-order valence-corrected chi connectivity index (χ0v) is 16.3. The first-order chi connectivity index (χ1) is 13.2. The van der Waals surface area contributed by atoms with Gasteiger partial charge >= 0.3 is 0 Å². The minimum absolute atomic E-state index is 0.124. The highest BCUT2D eigenvalue weighted by Crippen LogP contribution is 2.33. The first-order valence-electron chi connectivity index (χ1n) is 9.52. The molecule has 5 nitrogen and oxygen atoms in total. The number of rotatable bonds is 5. The highest BCUT2D eigenvalue weighted by molar-refractivity contribution is 7.09. The first-order valence-corrected chi connectivity index (χ1v) is 10.4. The van der Waals surface area contributed by atoms with Crippen LogP contribution in [0.2, 0.25) is 0 Å². The molecule has 1 saturated carbocycles. The van der Waals surface area contributed by atoms with Gasteiger partial charge in [-0.3, -0.25) is 9.48 Å². The minimum atomic E-state index is -0.124. The van der Waals surface area contributed by atoms with Crippen molar-refractivity contribution in [2.75, 3.05) is 0 Å². The van der Waals surface area contributed by atoms with E-state index in [9.17, 15) is 4.79 Å². The van der Waals surface area contributed by atoms with Gasteiger partial charge in [0.25, 0.3) is 5.91 Å². The third-order valence-electron chi connectivity index (χ3n) is 5.18. The van der Waals surface area contributed by atoms with Crippen molar-refractivity contribution < 1.29 is 4.79 Å². The molecule has 0 radical (unpaired) electrons. The Balaban J connectivity index is 1.40. The molecule has 1 aromatic carbocycles. The molecule has 2 aromatic heterocycles. The monoisotopic (exact) mass is 380 g/mol. The van der Waals surface area contributed by atoms with Crippen molar-refractivity contribution in [1.82, 2.24) is 20.1 Å².